The molecule has 0 unspecified atom stereocenters. The number of hydrogen-bond donors (Lipinski definition) is 1. The molecular formula is C24H21FN2O3. The van der Waals surface area contributed by atoms with Gasteiger partial charge in [-0.1, -0.05) is 30.3 Å². The minimum Gasteiger partial charge on any atom is -0.497 e. The van der Waals surface area contributed by atoms with E-state index in [0.29, 0.717) is 29.1 Å². The minimum absolute atomic E-state index is 0.0530. The highest BCUT2D eigenvalue weighted by Crippen LogP contribution is 2.33. The summed E-state index contributed by atoms with van der Waals surface area (Å²) in [6.07, 6.45) is 0.0530. The number of amides is 2. The molecule has 0 bridgehead atoms. The number of rotatable bonds is 6. The van der Waals surface area contributed by atoms with Crippen LogP contribution < -0.4 is 10.1 Å². The number of anilines is 1. The van der Waals surface area contributed by atoms with Crippen molar-refractivity contribution in [2.75, 3.05) is 12.4 Å². The zero-order valence-corrected chi connectivity index (χ0v) is 16.5. The monoisotopic (exact) mass is 404 g/mol. The third-order valence-electron chi connectivity index (χ3n) is 5.23. The van der Waals surface area contributed by atoms with Crippen molar-refractivity contribution in [3.8, 4) is 5.75 Å². The van der Waals surface area contributed by atoms with E-state index in [1.165, 1.54) is 12.1 Å². The van der Waals surface area contributed by atoms with Crippen molar-refractivity contribution in [3.05, 3.63) is 95.3 Å². The molecule has 3 aromatic rings. The maximum absolute atomic E-state index is 13.5. The summed E-state index contributed by atoms with van der Waals surface area (Å²) in [4.78, 5) is 27.5. The van der Waals surface area contributed by atoms with Gasteiger partial charge >= 0.3 is 0 Å². The first-order valence-corrected chi connectivity index (χ1v) is 9.63. The summed E-state index contributed by atoms with van der Waals surface area (Å²) in [5, 5.41) is 2.86. The number of carbonyl (C=O) groups excluding carboxylic acids is 2. The second-order valence-electron chi connectivity index (χ2n) is 7.14. The van der Waals surface area contributed by atoms with Crippen LogP contribution in [-0.2, 0) is 11.3 Å². The Morgan fingerprint density at radius 2 is 1.77 bits per heavy atom. The van der Waals surface area contributed by atoms with Gasteiger partial charge in [0.25, 0.3) is 5.91 Å². The highest BCUT2D eigenvalue weighted by Gasteiger charge is 2.34. The number of nitrogens with one attached hydrogen (secondary N) is 1. The molecule has 5 nitrogen and oxygen atoms in total. The number of hydrogen-bond acceptors (Lipinski definition) is 3. The highest BCUT2D eigenvalue weighted by atomic mass is 19.1. The Morgan fingerprint density at radius 1 is 1.07 bits per heavy atom. The zero-order valence-electron chi connectivity index (χ0n) is 16.5. The lowest BCUT2D eigenvalue weighted by molar-refractivity contribution is -0.117. The largest absolute Gasteiger partial charge is 0.497 e. The van der Waals surface area contributed by atoms with Crippen molar-refractivity contribution >= 4 is 17.5 Å². The Hall–Kier alpha value is -3.67. The molecule has 4 rings (SSSR count). The molecule has 1 aliphatic heterocycles. The lowest BCUT2D eigenvalue weighted by Crippen LogP contribution is -2.32. The molecule has 0 aromatic heterocycles. The van der Waals surface area contributed by atoms with Crippen LogP contribution in [0.3, 0.4) is 0 Å². The van der Waals surface area contributed by atoms with Crippen LogP contribution >= 0.6 is 0 Å². The first-order valence-electron chi connectivity index (χ1n) is 9.63. The standard InChI is InChI=1S/C24H21FN2O3/c1-30-20-12-10-19(11-13-20)26-23(28)14-22(16-6-8-18(25)9-7-16)27-15-17-4-2-3-5-21(17)24(27)29/h2-13,22H,14-15H2,1H3,(H,26,28)/t22-/m1/s1. The topological polar surface area (TPSA) is 58.6 Å². The van der Waals surface area contributed by atoms with Crippen LogP contribution in [0.4, 0.5) is 10.1 Å². The lowest BCUT2D eigenvalue weighted by Gasteiger charge is -2.28. The van der Waals surface area contributed by atoms with Crippen LogP contribution in [0, 0.1) is 5.82 Å². The minimum atomic E-state index is -0.510. The van der Waals surface area contributed by atoms with Gasteiger partial charge in [0.05, 0.1) is 19.6 Å². The van der Waals surface area contributed by atoms with Crippen LogP contribution in [0.15, 0.2) is 72.8 Å². The van der Waals surface area contributed by atoms with Gasteiger partial charge in [0.2, 0.25) is 5.91 Å². The van der Waals surface area contributed by atoms with E-state index in [1.54, 1.807) is 54.5 Å². The molecule has 1 aliphatic rings. The van der Waals surface area contributed by atoms with E-state index in [9.17, 15) is 14.0 Å². The summed E-state index contributed by atoms with van der Waals surface area (Å²) in [5.41, 5.74) is 2.91. The molecule has 1 atom stereocenters. The molecule has 1 heterocycles. The van der Waals surface area contributed by atoms with E-state index in [4.69, 9.17) is 4.74 Å². The Bertz CT molecular complexity index is 1060. The maximum atomic E-state index is 13.5. The van der Waals surface area contributed by atoms with Crippen molar-refractivity contribution < 1.29 is 18.7 Å². The van der Waals surface area contributed by atoms with Gasteiger partial charge in [-0.15, -0.1) is 0 Å². The predicted molar refractivity (Wildman–Crippen MR) is 112 cm³/mol. The fourth-order valence-corrected chi connectivity index (χ4v) is 3.68. The number of benzene rings is 3. The molecule has 0 aliphatic carbocycles. The second kappa shape index (κ2) is 8.37. The third-order valence-corrected chi connectivity index (χ3v) is 5.23. The molecule has 152 valence electrons. The summed E-state index contributed by atoms with van der Waals surface area (Å²) >= 11 is 0. The SMILES string of the molecule is COc1ccc(NC(=O)C[C@H](c2ccc(F)cc2)N2Cc3ccccc3C2=O)cc1. The molecule has 0 radical (unpaired) electrons. The molecule has 1 N–H and O–H groups in total. The average molecular weight is 404 g/mol. The molecule has 0 saturated heterocycles. The van der Waals surface area contributed by atoms with Crippen LogP contribution in [-0.4, -0.2) is 23.8 Å². The summed E-state index contributed by atoms with van der Waals surface area (Å²) < 4.78 is 18.6. The van der Waals surface area contributed by atoms with Crippen LogP contribution in [0.5, 0.6) is 5.75 Å². The van der Waals surface area contributed by atoms with Gasteiger partial charge in [0, 0.05) is 17.8 Å². The fraction of sp³-hybridized carbons (Fsp3) is 0.167. The van der Waals surface area contributed by atoms with Crippen molar-refractivity contribution in [1.29, 1.82) is 0 Å². The van der Waals surface area contributed by atoms with E-state index in [2.05, 4.69) is 5.32 Å². The predicted octanol–water partition coefficient (Wildman–Crippen LogP) is 4.56. The lowest BCUT2D eigenvalue weighted by atomic mass is 10.0. The Labute approximate surface area is 174 Å². The normalized spacial score (nSPS) is 13.7. The number of ether oxygens (including phenoxy) is 1. The first kappa shape index (κ1) is 19.6. The molecule has 0 spiro atoms. The number of methoxy groups -OCH3 is 1. The number of halogens is 1. The summed E-state index contributed by atoms with van der Waals surface area (Å²) in [6.45, 7) is 0.410. The molecule has 0 fully saturated rings. The van der Waals surface area contributed by atoms with Gasteiger partial charge in [0.15, 0.2) is 0 Å². The Balaban J connectivity index is 1.57. The fourth-order valence-electron chi connectivity index (χ4n) is 3.68. The molecule has 0 saturated carbocycles. The Morgan fingerprint density at radius 3 is 2.43 bits per heavy atom. The van der Waals surface area contributed by atoms with Gasteiger partial charge < -0.3 is 15.0 Å². The number of carbonyl (C=O) groups is 2. The van der Waals surface area contributed by atoms with E-state index >= 15 is 0 Å². The summed E-state index contributed by atoms with van der Waals surface area (Å²) in [5.74, 6) is -0.0377. The van der Waals surface area contributed by atoms with Gasteiger partial charge in [0.1, 0.15) is 11.6 Å². The third kappa shape index (κ3) is 4.03. The average Bonchev–Trinajstić information content (AvgIpc) is 3.10. The van der Waals surface area contributed by atoms with Crippen molar-refractivity contribution in [3.63, 3.8) is 0 Å². The maximum Gasteiger partial charge on any atom is 0.255 e. The van der Waals surface area contributed by atoms with E-state index in [-0.39, 0.29) is 24.1 Å². The van der Waals surface area contributed by atoms with Crippen molar-refractivity contribution in [1.82, 2.24) is 4.90 Å². The Kier molecular flexibility index (Phi) is 5.48. The van der Waals surface area contributed by atoms with Crippen LogP contribution in [0.2, 0.25) is 0 Å². The number of nitrogens with zero attached hydrogens (tertiary/aromatic N) is 1. The van der Waals surface area contributed by atoms with Gasteiger partial charge in [-0.05, 0) is 53.6 Å². The van der Waals surface area contributed by atoms with Crippen molar-refractivity contribution in [2.24, 2.45) is 0 Å². The second-order valence-corrected chi connectivity index (χ2v) is 7.14. The van der Waals surface area contributed by atoms with Crippen molar-refractivity contribution in [2.45, 2.75) is 19.0 Å². The van der Waals surface area contributed by atoms with Crippen LogP contribution in [0.1, 0.15) is 33.9 Å². The summed E-state index contributed by atoms with van der Waals surface area (Å²) in [6, 6.07) is 19.8. The molecule has 2 amide bonds. The van der Waals surface area contributed by atoms with E-state index < -0.39 is 6.04 Å². The molecule has 30 heavy (non-hydrogen) atoms. The first-order chi connectivity index (χ1) is 14.5. The van der Waals surface area contributed by atoms with Gasteiger partial charge in [-0.25, -0.2) is 4.39 Å². The van der Waals surface area contributed by atoms with Crippen LogP contribution in [0.25, 0.3) is 0 Å². The number of fused-ring (bicyclic) bond motifs is 1. The van der Waals surface area contributed by atoms with E-state index in [0.717, 1.165) is 5.56 Å². The zero-order chi connectivity index (χ0) is 21.1. The van der Waals surface area contributed by atoms with E-state index in [1.807, 2.05) is 18.2 Å². The van der Waals surface area contributed by atoms with Gasteiger partial charge in [-0.2, -0.15) is 0 Å². The smallest absolute Gasteiger partial charge is 0.255 e. The summed E-state index contributed by atoms with van der Waals surface area (Å²) in [7, 11) is 1.58. The highest BCUT2D eigenvalue weighted by molar-refractivity contribution is 5.99. The van der Waals surface area contributed by atoms with Gasteiger partial charge in [-0.3, -0.25) is 9.59 Å². The molecule has 6 heteroatoms. The quantitative estimate of drug-likeness (QED) is 0.655. The molecular weight excluding hydrogens is 383 g/mol. The molecule has 3 aromatic carbocycles.